The van der Waals surface area contributed by atoms with Gasteiger partial charge >= 0.3 is 0 Å². The number of aliphatic hydroxyl groups is 1. The Bertz CT molecular complexity index is 1920. The zero-order chi connectivity index (χ0) is 54.5. The molecule has 0 unspecified atom stereocenters. The number of rotatable bonds is 24. The van der Waals surface area contributed by atoms with Crippen molar-refractivity contribution >= 4 is 53.2 Å². The summed E-state index contributed by atoms with van der Waals surface area (Å²) in [7, 11) is 0. The lowest BCUT2D eigenvalue weighted by Crippen LogP contribution is -2.61. The van der Waals surface area contributed by atoms with Gasteiger partial charge in [0.15, 0.2) is 0 Å². The largest absolute Gasteiger partial charge is 0.391 e. The van der Waals surface area contributed by atoms with Gasteiger partial charge in [-0.05, 0) is 96.5 Å². The van der Waals surface area contributed by atoms with E-state index in [9.17, 15) is 48.3 Å². The molecule has 73 heavy (non-hydrogen) atoms. The first-order valence-corrected chi connectivity index (χ1v) is 26.0. The number of nitrogens with two attached hydrogens (primary N) is 4. The highest BCUT2D eigenvalue weighted by atomic mass is 16.3. The Labute approximate surface area is 430 Å². The molecular weight excluding hydrogens is 943 g/mol. The Morgan fingerprint density at radius 2 is 1.11 bits per heavy atom. The maximum Gasteiger partial charge on any atom is 0.245 e. The van der Waals surface area contributed by atoms with Crippen molar-refractivity contribution in [2.75, 3.05) is 32.7 Å². The van der Waals surface area contributed by atoms with E-state index in [4.69, 9.17) is 22.9 Å². The van der Waals surface area contributed by atoms with Crippen LogP contribution in [0, 0.1) is 12.8 Å². The van der Waals surface area contributed by atoms with E-state index in [1.165, 1.54) is 6.92 Å². The van der Waals surface area contributed by atoms with Gasteiger partial charge in [0.1, 0.15) is 48.3 Å². The van der Waals surface area contributed by atoms with E-state index in [0.717, 1.165) is 44.1 Å². The number of benzene rings is 1. The topological polar surface area (TPSA) is 386 Å². The van der Waals surface area contributed by atoms with Gasteiger partial charge in [-0.1, -0.05) is 89.1 Å². The van der Waals surface area contributed by atoms with Gasteiger partial charge in [-0.25, -0.2) is 0 Å². The fourth-order valence-corrected chi connectivity index (χ4v) is 8.13. The second-order valence-corrected chi connectivity index (χ2v) is 19.3. The van der Waals surface area contributed by atoms with Gasteiger partial charge < -0.3 is 75.9 Å². The van der Waals surface area contributed by atoms with Crippen LogP contribution in [0.1, 0.15) is 129 Å². The van der Waals surface area contributed by atoms with Crippen molar-refractivity contribution < 1.29 is 48.3 Å². The first-order chi connectivity index (χ1) is 34.8. The number of unbranched alkanes of at least 4 members (excludes halogenated alkanes) is 6. The van der Waals surface area contributed by atoms with Crippen molar-refractivity contribution in [3.05, 3.63) is 35.4 Å². The first-order valence-electron chi connectivity index (χ1n) is 26.0. The van der Waals surface area contributed by atoms with Gasteiger partial charge in [-0.15, -0.1) is 0 Å². The zero-order valence-electron chi connectivity index (χ0n) is 43.7. The van der Waals surface area contributed by atoms with Crippen LogP contribution in [0.4, 0.5) is 0 Å². The van der Waals surface area contributed by atoms with E-state index in [1.54, 1.807) is 12.1 Å². The van der Waals surface area contributed by atoms with Gasteiger partial charge in [0.05, 0.1) is 6.10 Å². The van der Waals surface area contributed by atoms with Gasteiger partial charge in [0.25, 0.3) is 0 Å². The molecule has 1 heterocycles. The van der Waals surface area contributed by atoms with Gasteiger partial charge in [0, 0.05) is 19.4 Å². The molecule has 0 radical (unpaired) electrons. The lowest BCUT2D eigenvalue weighted by Gasteiger charge is -2.28. The van der Waals surface area contributed by atoms with Crippen molar-refractivity contribution in [3.8, 4) is 0 Å². The van der Waals surface area contributed by atoms with Crippen LogP contribution in [0.25, 0.3) is 0 Å². The van der Waals surface area contributed by atoms with Crippen LogP contribution in [0.2, 0.25) is 0 Å². The Morgan fingerprint density at radius 1 is 0.630 bits per heavy atom. The summed E-state index contributed by atoms with van der Waals surface area (Å²) in [6.45, 7) is 8.27. The quantitative estimate of drug-likeness (QED) is 0.0494. The Kier molecular flexibility index (Phi) is 30.1. The van der Waals surface area contributed by atoms with Crippen LogP contribution in [-0.2, 0) is 49.6 Å². The number of carbonyl (C=O) groups excluding carboxylic acids is 9. The van der Waals surface area contributed by atoms with E-state index >= 15 is 0 Å². The summed E-state index contributed by atoms with van der Waals surface area (Å²) in [5, 5.41) is 34.4. The van der Waals surface area contributed by atoms with Gasteiger partial charge in [-0.3, -0.25) is 43.2 Å². The third-order valence-electron chi connectivity index (χ3n) is 12.3. The Hall–Kier alpha value is -5.75. The van der Waals surface area contributed by atoms with E-state index < -0.39 is 102 Å². The maximum atomic E-state index is 14.4. The molecule has 1 aliphatic rings. The van der Waals surface area contributed by atoms with Gasteiger partial charge in [-0.2, -0.15) is 0 Å². The number of aryl methyl sites for hydroxylation is 1. The summed E-state index contributed by atoms with van der Waals surface area (Å²) in [6, 6.07) is -3.65. The number of nitrogens with one attached hydrogen (secondary N) is 9. The Morgan fingerprint density at radius 3 is 1.63 bits per heavy atom. The summed E-state index contributed by atoms with van der Waals surface area (Å²) in [4.78, 5) is 125. The molecule has 1 fully saturated rings. The second-order valence-electron chi connectivity index (χ2n) is 19.3. The molecule has 18 N–H and O–H groups in total. The molecule has 1 aromatic rings. The molecule has 0 saturated carbocycles. The average Bonchev–Trinajstić information content (AvgIpc) is 3.33. The minimum Gasteiger partial charge on any atom is -0.391 e. The predicted octanol–water partition coefficient (Wildman–Crippen LogP) is -2.10. The lowest BCUT2D eigenvalue weighted by molar-refractivity contribution is -0.136. The number of hydrogen-bond acceptors (Lipinski definition) is 14. The molecule has 23 nitrogen and oxygen atoms in total. The predicted molar refractivity (Wildman–Crippen MR) is 276 cm³/mol. The van der Waals surface area contributed by atoms with Crippen LogP contribution >= 0.6 is 0 Å². The highest BCUT2D eigenvalue weighted by molar-refractivity contribution is 5.98. The SMILES string of the molecule is CCCCCCCCCC(=O)N[C@H](CCN)C(=O)N[C@H]1CCNC(=O)[C@H]([C@@H](C)O)NC(=O)[C@H](CCN)NC(=O)[C@H](CCN)NC(=O)[C@H](CC(C)C)NC(=O)[C@@H](Cc2ccc(C)cc2)NC(=O)[C@H](CCN)NC1=O. The number of aliphatic hydroxyl groups excluding tert-OH is 1. The fraction of sp³-hybridized carbons (Fsp3) is 0.700. The molecule has 0 spiro atoms. The van der Waals surface area contributed by atoms with Crippen LogP contribution in [0.3, 0.4) is 0 Å². The monoisotopic (exact) mass is 1030 g/mol. The smallest absolute Gasteiger partial charge is 0.245 e. The van der Waals surface area contributed by atoms with Crippen molar-refractivity contribution in [2.24, 2.45) is 28.9 Å². The number of carbonyl (C=O) groups is 9. The highest BCUT2D eigenvalue weighted by Crippen LogP contribution is 2.13. The van der Waals surface area contributed by atoms with E-state index in [2.05, 4.69) is 54.8 Å². The zero-order valence-corrected chi connectivity index (χ0v) is 43.7. The van der Waals surface area contributed by atoms with Crippen molar-refractivity contribution in [2.45, 2.75) is 185 Å². The van der Waals surface area contributed by atoms with Crippen molar-refractivity contribution in [1.29, 1.82) is 0 Å². The van der Waals surface area contributed by atoms with Crippen LogP contribution in [-0.4, -0.2) is 145 Å². The molecule has 9 amide bonds. The molecule has 2 rings (SSSR count). The minimum atomic E-state index is -1.60. The molecule has 412 valence electrons. The Balaban J connectivity index is 2.67. The summed E-state index contributed by atoms with van der Waals surface area (Å²) < 4.78 is 0. The molecular formula is C50H87N13O10. The molecule has 1 saturated heterocycles. The summed E-state index contributed by atoms with van der Waals surface area (Å²) in [5.41, 5.74) is 25.1. The lowest BCUT2D eigenvalue weighted by atomic mass is 9.99. The van der Waals surface area contributed by atoms with Crippen molar-refractivity contribution in [3.63, 3.8) is 0 Å². The van der Waals surface area contributed by atoms with E-state index in [1.807, 2.05) is 32.9 Å². The summed E-state index contributed by atoms with van der Waals surface area (Å²) in [5.74, 6) is -7.18. The summed E-state index contributed by atoms with van der Waals surface area (Å²) >= 11 is 0. The fourth-order valence-electron chi connectivity index (χ4n) is 8.13. The molecule has 1 aliphatic heterocycles. The average molecular weight is 1030 g/mol. The molecule has 0 aliphatic carbocycles. The maximum absolute atomic E-state index is 14.4. The molecule has 0 bridgehead atoms. The molecule has 9 atom stereocenters. The van der Waals surface area contributed by atoms with E-state index in [0.29, 0.717) is 12.0 Å². The normalized spacial score (nSPS) is 23.1. The van der Waals surface area contributed by atoms with E-state index in [-0.39, 0.29) is 95.9 Å². The molecule has 0 aromatic heterocycles. The number of amides is 9. The minimum absolute atomic E-state index is 0.00175. The van der Waals surface area contributed by atoms with Gasteiger partial charge in [0.2, 0.25) is 53.2 Å². The first kappa shape index (κ1) is 63.4. The third kappa shape index (κ3) is 23.8. The third-order valence-corrected chi connectivity index (χ3v) is 12.3. The second kappa shape index (κ2) is 34.6. The highest BCUT2D eigenvalue weighted by Gasteiger charge is 2.36. The molecule has 1 aromatic carbocycles. The van der Waals surface area contributed by atoms with Crippen LogP contribution < -0.4 is 70.8 Å². The van der Waals surface area contributed by atoms with Crippen molar-refractivity contribution in [1.82, 2.24) is 47.9 Å². The standard InChI is InChI=1S/C50H87N13O10/c1-6-7-8-9-10-11-12-13-41(65)56-34(18-23-51)43(66)60-38-22-27-55-50(73)42(32(5)64)63-47(70)37(21-26-54)58-44(67)35(19-24-52)59-48(71)39(28-30(2)3)61-49(72)40(29-33-16-14-31(4)15-17-33)62-45(68)36(20-25-53)57-46(38)69/h14-17,30,32,34-40,42,64H,6-13,18-29,51-54H2,1-5H3,(H,55,73)(H,56,65)(H,57,69)(H,58,67)(H,59,71)(H,60,66)(H,61,72)(H,62,68)(H,63,70)/t32-,34-,35+,36+,37+,38+,39+,40-,42+/m1/s1. The molecule has 23 heteroatoms. The van der Waals surface area contributed by atoms with Crippen LogP contribution in [0.15, 0.2) is 24.3 Å². The number of hydrogen-bond donors (Lipinski definition) is 14. The summed E-state index contributed by atoms with van der Waals surface area (Å²) in [6.07, 6.45) is 4.93. The van der Waals surface area contributed by atoms with Crippen LogP contribution in [0.5, 0.6) is 0 Å².